The minimum atomic E-state index is -0.440. The lowest BCUT2D eigenvalue weighted by Crippen LogP contribution is -2.43. The Morgan fingerprint density at radius 3 is 2.67 bits per heavy atom. The normalized spacial score (nSPS) is 13.8. The fourth-order valence-electron chi connectivity index (χ4n) is 1.74. The second kappa shape index (κ2) is 4.78. The van der Waals surface area contributed by atoms with Crippen LogP contribution in [0.5, 0.6) is 0 Å². The van der Waals surface area contributed by atoms with E-state index in [4.69, 9.17) is 5.73 Å². The van der Waals surface area contributed by atoms with Gasteiger partial charge < -0.3 is 5.73 Å². The summed E-state index contributed by atoms with van der Waals surface area (Å²) < 4.78 is 1.12. The molecule has 1 aromatic carbocycles. The Hall–Kier alpha value is -1.26. The number of nitrogens with zero attached hydrogens (tertiary/aromatic N) is 1. The third-order valence-corrected chi connectivity index (χ3v) is 3.98. The summed E-state index contributed by atoms with van der Waals surface area (Å²) >= 11 is 1.57. The van der Waals surface area contributed by atoms with E-state index in [2.05, 4.69) is 4.98 Å². The van der Waals surface area contributed by atoms with Gasteiger partial charge in [0, 0.05) is 0 Å². The van der Waals surface area contributed by atoms with E-state index in [1.807, 2.05) is 45.0 Å². The summed E-state index contributed by atoms with van der Waals surface area (Å²) in [6.45, 7) is 5.94. The van der Waals surface area contributed by atoms with E-state index in [0.29, 0.717) is 6.42 Å². The van der Waals surface area contributed by atoms with Gasteiger partial charge in [-0.3, -0.25) is 4.79 Å². The summed E-state index contributed by atoms with van der Waals surface area (Å²) in [5, 5.41) is 0.848. The number of aromatic nitrogens is 1. The Kier molecular flexibility index (Phi) is 3.50. The maximum absolute atomic E-state index is 12.1. The number of Topliss-reactive ketones (excluding diaryl/α,β-unsaturated/α-hetero) is 1. The first-order chi connectivity index (χ1) is 8.38. The van der Waals surface area contributed by atoms with E-state index in [0.717, 1.165) is 15.2 Å². The predicted octanol–water partition coefficient (Wildman–Crippen LogP) is 2.78. The molecule has 2 aromatic rings. The highest BCUT2D eigenvalue weighted by Gasteiger charge is 2.27. The molecule has 96 valence electrons. The molecule has 4 heteroatoms. The molecule has 0 radical (unpaired) electrons. The molecule has 0 saturated carbocycles. The average Bonchev–Trinajstić information content (AvgIpc) is 2.68. The van der Waals surface area contributed by atoms with E-state index in [-0.39, 0.29) is 11.2 Å². The molecule has 1 aromatic heterocycles. The van der Waals surface area contributed by atoms with Crippen molar-refractivity contribution < 1.29 is 4.79 Å². The van der Waals surface area contributed by atoms with E-state index in [1.54, 1.807) is 11.3 Å². The van der Waals surface area contributed by atoms with Gasteiger partial charge in [0.2, 0.25) is 0 Å². The number of nitrogens with two attached hydrogens (primary N) is 1. The van der Waals surface area contributed by atoms with Crippen LogP contribution in [0.15, 0.2) is 24.3 Å². The highest BCUT2D eigenvalue weighted by atomic mass is 32.1. The number of carbonyl (C=O) groups is 1. The number of benzene rings is 1. The lowest BCUT2D eigenvalue weighted by Gasteiger charge is -2.25. The number of hydrogen-bond donors (Lipinski definition) is 1. The number of rotatable bonds is 3. The minimum absolute atomic E-state index is 0.0570. The third-order valence-electron chi connectivity index (χ3n) is 2.94. The molecule has 0 spiro atoms. The Morgan fingerprint density at radius 2 is 2.06 bits per heavy atom. The molecule has 2 N–H and O–H groups in total. The van der Waals surface area contributed by atoms with Crippen LogP contribution < -0.4 is 5.73 Å². The number of carbonyl (C=O) groups excluding carboxylic acids is 1. The fourth-order valence-corrected chi connectivity index (χ4v) is 2.71. The second-order valence-electron chi connectivity index (χ2n) is 5.56. The van der Waals surface area contributed by atoms with Gasteiger partial charge in [0.15, 0.2) is 5.78 Å². The quantitative estimate of drug-likeness (QED) is 0.925. The highest BCUT2D eigenvalue weighted by molar-refractivity contribution is 7.18. The topological polar surface area (TPSA) is 56.0 Å². The van der Waals surface area contributed by atoms with Crippen molar-refractivity contribution in [1.82, 2.24) is 4.98 Å². The van der Waals surface area contributed by atoms with E-state index in [1.165, 1.54) is 0 Å². The van der Waals surface area contributed by atoms with Crippen LogP contribution in [0.3, 0.4) is 0 Å². The standard InChI is InChI=1S/C14H18N2OS/c1-14(2,3)13(15)10(17)8-12-16-9-6-4-5-7-11(9)18-12/h4-7,13H,8,15H2,1-3H3. The van der Waals surface area contributed by atoms with Gasteiger partial charge >= 0.3 is 0 Å². The first-order valence-electron chi connectivity index (χ1n) is 6.00. The largest absolute Gasteiger partial charge is 0.321 e. The summed E-state index contributed by atoms with van der Waals surface area (Å²) in [4.78, 5) is 16.5. The zero-order valence-electron chi connectivity index (χ0n) is 10.9. The molecule has 0 saturated heterocycles. The van der Waals surface area contributed by atoms with Gasteiger partial charge in [-0.25, -0.2) is 4.98 Å². The summed E-state index contributed by atoms with van der Waals surface area (Å²) in [7, 11) is 0. The van der Waals surface area contributed by atoms with Crippen molar-refractivity contribution in [3.8, 4) is 0 Å². The molecule has 0 fully saturated rings. The van der Waals surface area contributed by atoms with Gasteiger partial charge in [0.1, 0.15) is 5.01 Å². The van der Waals surface area contributed by atoms with Gasteiger partial charge in [-0.15, -0.1) is 11.3 Å². The monoisotopic (exact) mass is 262 g/mol. The molecule has 1 heterocycles. The van der Waals surface area contributed by atoms with Crippen LogP contribution in [0.4, 0.5) is 0 Å². The zero-order valence-corrected chi connectivity index (χ0v) is 11.8. The minimum Gasteiger partial charge on any atom is -0.321 e. The smallest absolute Gasteiger partial charge is 0.156 e. The molecule has 2 rings (SSSR count). The van der Waals surface area contributed by atoms with Gasteiger partial charge in [-0.2, -0.15) is 0 Å². The molecule has 18 heavy (non-hydrogen) atoms. The number of thiazole rings is 1. The van der Waals surface area contributed by atoms with E-state index < -0.39 is 6.04 Å². The number of fused-ring (bicyclic) bond motifs is 1. The van der Waals surface area contributed by atoms with E-state index in [9.17, 15) is 4.79 Å². The Bertz CT molecular complexity index is 535. The van der Waals surface area contributed by atoms with Crippen molar-refractivity contribution in [3.05, 3.63) is 29.3 Å². The SMILES string of the molecule is CC(C)(C)C(N)C(=O)Cc1nc2ccccc2s1. The van der Waals surface area contributed by atoms with E-state index >= 15 is 0 Å². The van der Waals surface area contributed by atoms with Crippen molar-refractivity contribution in [2.45, 2.75) is 33.2 Å². The fraction of sp³-hybridized carbons (Fsp3) is 0.429. The van der Waals surface area contributed by atoms with Gasteiger partial charge in [0.25, 0.3) is 0 Å². The third kappa shape index (κ3) is 2.76. The lowest BCUT2D eigenvalue weighted by molar-refractivity contribution is -0.121. The molecule has 0 aliphatic carbocycles. The molecule has 0 aliphatic heterocycles. The molecule has 3 nitrogen and oxygen atoms in total. The maximum atomic E-state index is 12.1. The van der Waals surface area contributed by atoms with Crippen molar-refractivity contribution in [1.29, 1.82) is 0 Å². The molecule has 1 unspecified atom stereocenters. The molecule has 1 atom stereocenters. The number of hydrogen-bond acceptors (Lipinski definition) is 4. The van der Waals surface area contributed by atoms with Crippen LogP contribution in [0.2, 0.25) is 0 Å². The van der Waals surface area contributed by atoms with Gasteiger partial charge in [-0.1, -0.05) is 32.9 Å². The van der Waals surface area contributed by atoms with Crippen LogP contribution in [-0.4, -0.2) is 16.8 Å². The predicted molar refractivity (Wildman–Crippen MR) is 75.8 cm³/mol. The summed E-state index contributed by atoms with van der Waals surface area (Å²) in [5.74, 6) is 0.0570. The second-order valence-corrected chi connectivity index (χ2v) is 6.68. The number of para-hydroxylation sites is 1. The molecule has 0 amide bonds. The molecule has 0 aliphatic rings. The van der Waals surface area contributed by atoms with Gasteiger partial charge in [-0.05, 0) is 17.5 Å². The van der Waals surface area contributed by atoms with Crippen molar-refractivity contribution >= 4 is 27.3 Å². The molecule has 0 bridgehead atoms. The first kappa shape index (κ1) is 13.2. The Morgan fingerprint density at radius 1 is 1.39 bits per heavy atom. The summed E-state index contributed by atoms with van der Waals surface area (Å²) in [5.41, 5.74) is 6.72. The van der Waals surface area contributed by atoms with Crippen LogP contribution in [0.1, 0.15) is 25.8 Å². The average molecular weight is 262 g/mol. The van der Waals surface area contributed by atoms with Gasteiger partial charge in [0.05, 0.1) is 22.7 Å². The first-order valence-corrected chi connectivity index (χ1v) is 6.82. The Balaban J connectivity index is 2.16. The van der Waals surface area contributed by atoms with Crippen molar-refractivity contribution in [2.75, 3.05) is 0 Å². The zero-order chi connectivity index (χ0) is 13.3. The summed E-state index contributed by atoms with van der Waals surface area (Å²) in [6.07, 6.45) is 0.331. The summed E-state index contributed by atoms with van der Waals surface area (Å²) in [6, 6.07) is 7.47. The van der Waals surface area contributed by atoms with Crippen LogP contribution in [0, 0.1) is 5.41 Å². The van der Waals surface area contributed by atoms with Crippen LogP contribution in [0.25, 0.3) is 10.2 Å². The maximum Gasteiger partial charge on any atom is 0.156 e. The van der Waals surface area contributed by atoms with Crippen LogP contribution >= 0.6 is 11.3 Å². The molecular weight excluding hydrogens is 244 g/mol. The number of ketones is 1. The van der Waals surface area contributed by atoms with Crippen LogP contribution in [-0.2, 0) is 11.2 Å². The Labute approximate surface area is 111 Å². The lowest BCUT2D eigenvalue weighted by atomic mass is 9.84. The van der Waals surface area contributed by atoms with Crippen molar-refractivity contribution in [2.24, 2.45) is 11.1 Å². The van der Waals surface area contributed by atoms with Crippen molar-refractivity contribution in [3.63, 3.8) is 0 Å². The highest BCUT2D eigenvalue weighted by Crippen LogP contribution is 2.24. The molecular formula is C14H18N2OS.